The van der Waals surface area contributed by atoms with Gasteiger partial charge in [0.25, 0.3) is 5.91 Å². The number of carbonyl (C=O) groups excluding carboxylic acids is 2. The molecular formula is C37H44N6O5Si. The van der Waals surface area contributed by atoms with E-state index in [1.807, 2.05) is 105 Å². The molecule has 3 aliphatic rings. The number of aryl methyl sites for hydroxylation is 1. The van der Waals surface area contributed by atoms with Crippen molar-refractivity contribution >= 4 is 31.5 Å². The molecule has 0 bridgehead atoms. The SMILES string of the molecule is C[C@H]1[C@H]([Si](C)(C)O)[C@@H](CCn2cc(C(CO)c3ccccc3)nn2)O[C@]12C(=O)N(Cc1ccccc1)c1ccc(N3CCNCC3=O)cc12. The van der Waals surface area contributed by atoms with Crippen LogP contribution in [0.25, 0.3) is 0 Å². The number of anilines is 2. The van der Waals surface area contributed by atoms with Crippen molar-refractivity contribution in [2.45, 2.75) is 62.7 Å². The second-order valence-corrected chi connectivity index (χ2v) is 18.0. The second-order valence-electron chi connectivity index (χ2n) is 14.0. The van der Waals surface area contributed by atoms with Gasteiger partial charge < -0.3 is 29.8 Å². The fourth-order valence-electron chi connectivity index (χ4n) is 8.20. The Kier molecular flexibility index (Phi) is 9.01. The summed E-state index contributed by atoms with van der Waals surface area (Å²) in [6, 6.07) is 25.5. The highest BCUT2D eigenvalue weighted by Crippen LogP contribution is 2.60. The number of nitrogens with one attached hydrogen (secondary N) is 1. The average molecular weight is 681 g/mol. The topological polar surface area (TPSA) is 133 Å². The predicted molar refractivity (Wildman–Crippen MR) is 188 cm³/mol. The van der Waals surface area contributed by atoms with Crippen LogP contribution in [0.2, 0.25) is 18.6 Å². The summed E-state index contributed by atoms with van der Waals surface area (Å²) in [6.07, 6.45) is 1.92. The summed E-state index contributed by atoms with van der Waals surface area (Å²) in [7, 11) is -2.90. The molecule has 12 heteroatoms. The van der Waals surface area contributed by atoms with Gasteiger partial charge in [0.15, 0.2) is 13.9 Å². The molecule has 11 nitrogen and oxygen atoms in total. The molecule has 0 saturated carbocycles. The van der Waals surface area contributed by atoms with Crippen LogP contribution < -0.4 is 15.1 Å². The first-order chi connectivity index (χ1) is 23.6. The van der Waals surface area contributed by atoms with Crippen molar-refractivity contribution < 1.29 is 24.2 Å². The maximum Gasteiger partial charge on any atom is 0.264 e. The standard InChI is InChI=1S/C37H44N6O5Si/c1-25-35(49(2,3)47)33(16-18-41-23-31(39-40-41)29(24-44)27-12-8-5-9-13-27)48-37(25)30-20-28(42-19-17-38-21-34(42)45)14-15-32(30)43(36(37)46)22-26-10-6-4-7-11-26/h4-15,20,23,25,29,33,35,38,44,47H,16-19,21-22,24H2,1-3H3/t25-,29?,33+,35-,37+/m0/s1. The molecule has 1 aromatic heterocycles. The van der Waals surface area contributed by atoms with Crippen molar-refractivity contribution in [3.05, 3.63) is 107 Å². The number of hydrogen-bond acceptors (Lipinski definition) is 8. The molecule has 4 aromatic rings. The summed E-state index contributed by atoms with van der Waals surface area (Å²) in [5, 5.41) is 22.1. The van der Waals surface area contributed by atoms with Crippen LogP contribution in [0.4, 0.5) is 11.4 Å². The lowest BCUT2D eigenvalue weighted by Gasteiger charge is -2.33. The molecule has 3 aliphatic heterocycles. The number of amides is 2. The van der Waals surface area contributed by atoms with E-state index in [2.05, 4.69) is 15.6 Å². The van der Waals surface area contributed by atoms with Gasteiger partial charge in [-0.05, 0) is 48.8 Å². The first-order valence-corrected chi connectivity index (χ1v) is 20.1. The highest BCUT2D eigenvalue weighted by atomic mass is 28.4. The summed E-state index contributed by atoms with van der Waals surface area (Å²) in [6.45, 7) is 8.08. The van der Waals surface area contributed by atoms with E-state index < -0.39 is 20.0 Å². The van der Waals surface area contributed by atoms with Crippen molar-refractivity contribution in [1.82, 2.24) is 20.3 Å². The van der Waals surface area contributed by atoms with Crippen molar-refractivity contribution in [1.29, 1.82) is 0 Å². The number of aliphatic hydroxyl groups is 1. The number of fused-ring (bicyclic) bond motifs is 2. The van der Waals surface area contributed by atoms with Crippen LogP contribution in [0.5, 0.6) is 0 Å². The van der Waals surface area contributed by atoms with Gasteiger partial charge in [0.1, 0.15) is 0 Å². The van der Waals surface area contributed by atoms with Crippen LogP contribution in [0.15, 0.2) is 85.1 Å². The number of benzene rings is 3. The number of hydrogen-bond donors (Lipinski definition) is 3. The third-order valence-corrected chi connectivity index (χ3v) is 13.0. The monoisotopic (exact) mass is 680 g/mol. The number of rotatable bonds is 10. The minimum atomic E-state index is -2.90. The minimum absolute atomic E-state index is 0.0198. The van der Waals surface area contributed by atoms with E-state index >= 15 is 0 Å². The average Bonchev–Trinajstić information content (AvgIpc) is 3.75. The molecule has 4 heterocycles. The van der Waals surface area contributed by atoms with E-state index in [1.165, 1.54) is 0 Å². The summed E-state index contributed by atoms with van der Waals surface area (Å²) >= 11 is 0. The van der Waals surface area contributed by atoms with E-state index in [1.54, 1.807) is 14.5 Å². The van der Waals surface area contributed by atoms with Gasteiger partial charge in [0.2, 0.25) is 5.91 Å². The van der Waals surface area contributed by atoms with Crippen LogP contribution in [-0.4, -0.2) is 77.4 Å². The number of ether oxygens (including phenoxy) is 1. The molecule has 1 unspecified atom stereocenters. The van der Waals surface area contributed by atoms with E-state index in [0.29, 0.717) is 38.3 Å². The summed E-state index contributed by atoms with van der Waals surface area (Å²) < 4.78 is 8.82. The van der Waals surface area contributed by atoms with E-state index in [4.69, 9.17) is 4.74 Å². The molecule has 256 valence electrons. The molecule has 2 amide bonds. The first kappa shape index (κ1) is 33.3. The van der Waals surface area contributed by atoms with Crippen molar-refractivity contribution in [2.24, 2.45) is 5.92 Å². The molecule has 5 atom stereocenters. The normalized spacial score (nSPS) is 24.6. The maximum absolute atomic E-state index is 14.9. The van der Waals surface area contributed by atoms with Gasteiger partial charge >= 0.3 is 0 Å². The van der Waals surface area contributed by atoms with Gasteiger partial charge in [-0.3, -0.25) is 14.3 Å². The van der Waals surface area contributed by atoms with Crippen molar-refractivity contribution in [2.75, 3.05) is 36.0 Å². The number of piperazine rings is 1. The lowest BCUT2D eigenvalue weighted by atomic mass is 9.82. The molecule has 7 rings (SSSR count). The third kappa shape index (κ3) is 6.01. The third-order valence-electron chi connectivity index (χ3n) is 10.5. The Labute approximate surface area is 287 Å². The van der Waals surface area contributed by atoms with E-state index in [0.717, 1.165) is 28.1 Å². The number of aromatic nitrogens is 3. The zero-order valence-electron chi connectivity index (χ0n) is 28.2. The molecule has 3 N–H and O–H groups in total. The molecule has 2 saturated heterocycles. The Balaban J connectivity index is 1.23. The van der Waals surface area contributed by atoms with Gasteiger partial charge in [-0.25, -0.2) is 0 Å². The van der Waals surface area contributed by atoms with Crippen molar-refractivity contribution in [3.8, 4) is 0 Å². The Bertz CT molecular complexity index is 1810. The smallest absolute Gasteiger partial charge is 0.264 e. The Hall–Kier alpha value is -4.20. The molecule has 49 heavy (non-hydrogen) atoms. The van der Waals surface area contributed by atoms with Crippen LogP contribution >= 0.6 is 0 Å². The Morgan fingerprint density at radius 2 is 1.80 bits per heavy atom. The van der Waals surface area contributed by atoms with Gasteiger partial charge in [-0.2, -0.15) is 0 Å². The number of aliphatic hydroxyl groups excluding tert-OH is 1. The Morgan fingerprint density at radius 3 is 2.49 bits per heavy atom. The number of nitrogens with zero attached hydrogens (tertiary/aromatic N) is 5. The van der Waals surface area contributed by atoms with E-state index in [-0.39, 0.29) is 42.3 Å². The first-order valence-electron chi connectivity index (χ1n) is 17.1. The second kappa shape index (κ2) is 13.3. The van der Waals surface area contributed by atoms with Gasteiger partial charge in [-0.15, -0.1) is 5.10 Å². The van der Waals surface area contributed by atoms with Crippen LogP contribution in [-0.2, 0) is 33.0 Å². The highest BCUT2D eigenvalue weighted by molar-refractivity contribution is 6.71. The Morgan fingerprint density at radius 1 is 1.06 bits per heavy atom. The van der Waals surface area contributed by atoms with Crippen LogP contribution in [0, 0.1) is 5.92 Å². The maximum atomic E-state index is 14.9. The summed E-state index contributed by atoms with van der Waals surface area (Å²) in [5.74, 6) is -0.801. The summed E-state index contributed by atoms with van der Waals surface area (Å²) in [5.41, 5.74) is 3.28. The predicted octanol–water partition coefficient (Wildman–Crippen LogP) is 3.77. The van der Waals surface area contributed by atoms with Crippen LogP contribution in [0.3, 0.4) is 0 Å². The molecule has 0 aliphatic carbocycles. The fourth-order valence-corrected chi connectivity index (χ4v) is 10.8. The quantitative estimate of drug-likeness (QED) is 0.216. The molecule has 0 radical (unpaired) electrons. The lowest BCUT2D eigenvalue weighted by Crippen LogP contribution is -2.48. The van der Waals surface area contributed by atoms with Crippen molar-refractivity contribution in [3.63, 3.8) is 0 Å². The molecule has 2 fully saturated rings. The fraction of sp³-hybridized carbons (Fsp3) is 0.405. The van der Waals surface area contributed by atoms with E-state index in [9.17, 15) is 19.5 Å². The number of carbonyl (C=O) groups is 2. The molecule has 3 aromatic carbocycles. The largest absolute Gasteiger partial charge is 0.432 e. The molecule has 1 spiro atoms. The zero-order chi connectivity index (χ0) is 34.3. The van der Waals surface area contributed by atoms with Gasteiger partial charge in [0.05, 0.1) is 43.1 Å². The molecular weight excluding hydrogens is 637 g/mol. The zero-order valence-corrected chi connectivity index (χ0v) is 29.2. The minimum Gasteiger partial charge on any atom is -0.432 e. The summed E-state index contributed by atoms with van der Waals surface area (Å²) in [4.78, 5) is 43.2. The highest BCUT2D eigenvalue weighted by Gasteiger charge is 2.66. The van der Waals surface area contributed by atoms with Gasteiger partial charge in [-0.1, -0.05) is 72.8 Å². The van der Waals surface area contributed by atoms with Gasteiger partial charge in [0, 0.05) is 48.5 Å². The van der Waals surface area contributed by atoms with Crippen LogP contribution in [0.1, 0.15) is 41.6 Å². The lowest BCUT2D eigenvalue weighted by molar-refractivity contribution is -0.146.